The van der Waals surface area contributed by atoms with Crippen LogP contribution in [0.3, 0.4) is 0 Å². The van der Waals surface area contributed by atoms with E-state index >= 15 is 0 Å². The summed E-state index contributed by atoms with van der Waals surface area (Å²) < 4.78 is 43.9. The summed E-state index contributed by atoms with van der Waals surface area (Å²) in [5.74, 6) is -1.52. The molecule has 28 heavy (non-hydrogen) atoms. The maximum atomic E-state index is 12.9. The number of amides is 1. The molecule has 0 aromatic heterocycles. The summed E-state index contributed by atoms with van der Waals surface area (Å²) in [6.07, 6.45) is 0.318. The molecule has 0 atom stereocenters. The van der Waals surface area contributed by atoms with Gasteiger partial charge in [-0.3, -0.25) is 9.59 Å². The normalized spacial score (nSPS) is 11.4. The fourth-order valence-corrected chi connectivity index (χ4v) is 3.56. The van der Waals surface area contributed by atoms with Crippen LogP contribution in [0.25, 0.3) is 0 Å². The minimum atomic E-state index is -3.74. The Kier molecular flexibility index (Phi) is 7.24. The Balaban J connectivity index is 1.78. The molecular formula is C19H21FN2O5S. The highest BCUT2D eigenvalue weighted by Gasteiger charge is 2.20. The Morgan fingerprint density at radius 3 is 2.25 bits per heavy atom. The van der Waals surface area contributed by atoms with Crippen molar-refractivity contribution in [1.29, 1.82) is 0 Å². The smallest absolute Gasteiger partial charge is 0.306 e. The van der Waals surface area contributed by atoms with Crippen LogP contribution in [-0.2, 0) is 26.2 Å². The zero-order chi connectivity index (χ0) is 20.7. The van der Waals surface area contributed by atoms with Crippen molar-refractivity contribution in [2.45, 2.75) is 24.3 Å². The van der Waals surface area contributed by atoms with Crippen LogP contribution >= 0.6 is 0 Å². The van der Waals surface area contributed by atoms with E-state index in [0.717, 1.165) is 16.4 Å². The molecule has 0 radical (unpaired) electrons. The van der Waals surface area contributed by atoms with Gasteiger partial charge in [0.05, 0.1) is 4.90 Å². The van der Waals surface area contributed by atoms with Crippen LogP contribution < -0.4 is 5.73 Å². The minimum absolute atomic E-state index is 0.0154. The second kappa shape index (κ2) is 9.43. The predicted octanol–water partition coefficient (Wildman–Crippen LogP) is 2.07. The summed E-state index contributed by atoms with van der Waals surface area (Å²) in [7, 11) is -2.35. The number of ether oxygens (including phenoxy) is 1. The van der Waals surface area contributed by atoms with E-state index in [1.54, 1.807) is 24.3 Å². The lowest BCUT2D eigenvalue weighted by Crippen LogP contribution is -2.28. The van der Waals surface area contributed by atoms with E-state index in [2.05, 4.69) is 0 Å². The van der Waals surface area contributed by atoms with E-state index in [1.165, 1.54) is 19.2 Å². The molecule has 9 heteroatoms. The van der Waals surface area contributed by atoms with Gasteiger partial charge < -0.3 is 10.5 Å². The number of nitrogens with zero attached hydrogens (tertiary/aromatic N) is 1. The molecule has 0 heterocycles. The van der Waals surface area contributed by atoms with Crippen molar-refractivity contribution in [3.8, 4) is 0 Å². The number of hydrogen-bond acceptors (Lipinski definition) is 5. The highest BCUT2D eigenvalue weighted by molar-refractivity contribution is 7.89. The maximum Gasteiger partial charge on any atom is 0.306 e. The van der Waals surface area contributed by atoms with Gasteiger partial charge in [-0.2, -0.15) is 0 Å². The first-order valence-electron chi connectivity index (χ1n) is 8.46. The third-order valence-corrected chi connectivity index (χ3v) is 5.89. The molecule has 0 unspecified atom stereocenters. The Morgan fingerprint density at radius 1 is 1.07 bits per heavy atom. The highest BCUT2D eigenvalue weighted by atomic mass is 32.2. The van der Waals surface area contributed by atoms with Crippen molar-refractivity contribution in [3.63, 3.8) is 0 Å². The molecule has 2 rings (SSSR count). The van der Waals surface area contributed by atoms with E-state index < -0.39 is 27.7 Å². The molecule has 0 aliphatic heterocycles. The molecule has 0 bridgehead atoms. The van der Waals surface area contributed by atoms with E-state index in [1.807, 2.05) is 0 Å². The number of esters is 1. The summed E-state index contributed by atoms with van der Waals surface area (Å²) in [6, 6.07) is 10.9. The number of primary amides is 1. The molecule has 0 saturated carbocycles. The molecule has 0 saturated heterocycles. The number of rotatable bonds is 9. The zero-order valence-electron chi connectivity index (χ0n) is 15.3. The zero-order valence-corrected chi connectivity index (χ0v) is 16.1. The average molecular weight is 408 g/mol. The SMILES string of the molecule is CN(CCCC(=O)OCc1ccc(C(N)=O)cc1)S(=O)(=O)c1ccc(F)cc1. The second-order valence-corrected chi connectivity index (χ2v) is 8.15. The van der Waals surface area contributed by atoms with Crippen molar-refractivity contribution < 1.29 is 27.1 Å². The molecule has 2 N–H and O–H groups in total. The van der Waals surface area contributed by atoms with Gasteiger partial charge in [0, 0.05) is 25.6 Å². The maximum absolute atomic E-state index is 12.9. The minimum Gasteiger partial charge on any atom is -0.461 e. The summed E-state index contributed by atoms with van der Waals surface area (Å²) in [5.41, 5.74) is 6.22. The molecule has 0 aliphatic rings. The molecule has 2 aromatic carbocycles. The van der Waals surface area contributed by atoms with Gasteiger partial charge in [-0.1, -0.05) is 12.1 Å². The van der Waals surface area contributed by atoms with Gasteiger partial charge >= 0.3 is 5.97 Å². The van der Waals surface area contributed by atoms with Crippen molar-refractivity contribution in [2.24, 2.45) is 5.73 Å². The summed E-state index contributed by atoms with van der Waals surface area (Å²) in [6.45, 7) is 0.156. The molecule has 0 fully saturated rings. The number of halogens is 1. The predicted molar refractivity (Wildman–Crippen MR) is 100 cm³/mol. The van der Waals surface area contributed by atoms with Crippen LogP contribution in [0.1, 0.15) is 28.8 Å². The van der Waals surface area contributed by atoms with E-state index in [4.69, 9.17) is 10.5 Å². The fourth-order valence-electron chi connectivity index (χ4n) is 2.35. The number of carbonyl (C=O) groups is 2. The standard InChI is InChI=1S/C19H21FN2O5S/c1-22(28(25,26)17-10-8-16(20)9-11-17)12-2-3-18(23)27-13-14-4-6-15(7-5-14)19(21)24/h4-11H,2-3,12-13H2,1H3,(H2,21,24). The van der Waals surface area contributed by atoms with Gasteiger partial charge in [-0.05, 0) is 48.4 Å². The van der Waals surface area contributed by atoms with Crippen molar-refractivity contribution >= 4 is 21.9 Å². The number of carbonyl (C=O) groups excluding carboxylic acids is 2. The van der Waals surface area contributed by atoms with Crippen LogP contribution in [0.4, 0.5) is 4.39 Å². The summed E-state index contributed by atoms with van der Waals surface area (Å²) in [5, 5.41) is 0. The molecule has 0 spiro atoms. The quantitative estimate of drug-likeness (QED) is 0.639. The van der Waals surface area contributed by atoms with Gasteiger partial charge in [0.1, 0.15) is 12.4 Å². The van der Waals surface area contributed by atoms with E-state index in [0.29, 0.717) is 11.1 Å². The lowest BCUT2D eigenvalue weighted by Gasteiger charge is -2.17. The lowest BCUT2D eigenvalue weighted by atomic mass is 10.1. The van der Waals surface area contributed by atoms with Gasteiger partial charge in [-0.25, -0.2) is 17.1 Å². The number of hydrogen-bond donors (Lipinski definition) is 1. The van der Waals surface area contributed by atoms with Crippen LogP contribution in [0, 0.1) is 5.82 Å². The lowest BCUT2D eigenvalue weighted by molar-refractivity contribution is -0.145. The van der Waals surface area contributed by atoms with Crippen LogP contribution in [0.15, 0.2) is 53.4 Å². The number of benzene rings is 2. The Bertz CT molecular complexity index is 928. The largest absolute Gasteiger partial charge is 0.461 e. The molecule has 150 valence electrons. The first-order valence-corrected chi connectivity index (χ1v) is 9.90. The Morgan fingerprint density at radius 2 is 1.68 bits per heavy atom. The van der Waals surface area contributed by atoms with Gasteiger partial charge in [0.25, 0.3) is 0 Å². The van der Waals surface area contributed by atoms with Crippen molar-refractivity contribution in [1.82, 2.24) is 4.31 Å². The van der Waals surface area contributed by atoms with Crippen LogP contribution in [0.2, 0.25) is 0 Å². The van der Waals surface area contributed by atoms with Gasteiger partial charge in [0.2, 0.25) is 15.9 Å². The third kappa shape index (κ3) is 5.86. The van der Waals surface area contributed by atoms with Crippen LogP contribution in [-0.4, -0.2) is 38.2 Å². The van der Waals surface area contributed by atoms with Crippen LogP contribution in [0.5, 0.6) is 0 Å². The third-order valence-electron chi connectivity index (χ3n) is 4.01. The average Bonchev–Trinajstić information content (AvgIpc) is 2.67. The number of nitrogens with two attached hydrogens (primary N) is 1. The molecule has 2 aromatic rings. The first-order chi connectivity index (χ1) is 13.2. The van der Waals surface area contributed by atoms with Crippen molar-refractivity contribution in [2.75, 3.05) is 13.6 Å². The van der Waals surface area contributed by atoms with E-state index in [-0.39, 0.29) is 30.9 Å². The Hall–Kier alpha value is -2.78. The highest BCUT2D eigenvalue weighted by Crippen LogP contribution is 2.15. The molecule has 7 nitrogen and oxygen atoms in total. The second-order valence-electron chi connectivity index (χ2n) is 6.11. The summed E-state index contributed by atoms with van der Waals surface area (Å²) in [4.78, 5) is 22.8. The monoisotopic (exact) mass is 408 g/mol. The van der Waals surface area contributed by atoms with Gasteiger partial charge in [-0.15, -0.1) is 0 Å². The van der Waals surface area contributed by atoms with Gasteiger partial charge in [0.15, 0.2) is 0 Å². The fraction of sp³-hybridized carbons (Fsp3) is 0.263. The number of sulfonamides is 1. The molecular weight excluding hydrogens is 387 g/mol. The molecule has 0 aliphatic carbocycles. The first kappa shape index (κ1) is 21.5. The topological polar surface area (TPSA) is 107 Å². The Labute approximate surface area is 163 Å². The molecule has 1 amide bonds. The van der Waals surface area contributed by atoms with E-state index in [9.17, 15) is 22.4 Å². The van der Waals surface area contributed by atoms with Crippen molar-refractivity contribution in [3.05, 3.63) is 65.5 Å². The summed E-state index contributed by atoms with van der Waals surface area (Å²) >= 11 is 0.